The van der Waals surface area contributed by atoms with E-state index in [9.17, 15) is 19.7 Å². The maximum atomic E-state index is 12.1. The van der Waals surface area contributed by atoms with Crippen molar-refractivity contribution in [2.24, 2.45) is 5.92 Å². The summed E-state index contributed by atoms with van der Waals surface area (Å²) in [5.74, 6) is -0.457. The molecule has 3 amide bonds. The molecule has 0 aromatic heterocycles. The van der Waals surface area contributed by atoms with Crippen molar-refractivity contribution in [2.75, 3.05) is 11.9 Å². The van der Waals surface area contributed by atoms with Crippen LogP contribution in [0.1, 0.15) is 19.3 Å². The minimum Gasteiger partial charge on any atom is -0.379 e. The standard InChI is InChI=1S/C14H15ClN4O4/c15-9-3-4-10(11(6-9)19(22)23)16-7-8-2-1-5-14(8)12(20)17-13(21)18-14/h3-4,6,8,16H,1-2,5,7H2,(H2,17,18,20,21)/t8-,14-/m0/s1. The lowest BCUT2D eigenvalue weighted by Gasteiger charge is -2.28. The summed E-state index contributed by atoms with van der Waals surface area (Å²) in [6.45, 7) is 0.343. The summed E-state index contributed by atoms with van der Waals surface area (Å²) in [7, 11) is 0. The highest BCUT2D eigenvalue weighted by Crippen LogP contribution is 2.38. The predicted octanol–water partition coefficient (Wildman–Crippen LogP) is 2.04. The summed E-state index contributed by atoms with van der Waals surface area (Å²) in [5.41, 5.74) is -0.693. The molecule has 1 aromatic carbocycles. The van der Waals surface area contributed by atoms with Gasteiger partial charge in [0.05, 0.1) is 4.92 Å². The van der Waals surface area contributed by atoms with Crippen LogP contribution in [0.15, 0.2) is 18.2 Å². The van der Waals surface area contributed by atoms with Gasteiger partial charge in [-0.25, -0.2) is 4.79 Å². The number of carbonyl (C=O) groups is 2. The number of hydrogen-bond acceptors (Lipinski definition) is 5. The van der Waals surface area contributed by atoms with Crippen LogP contribution in [0.25, 0.3) is 0 Å². The summed E-state index contributed by atoms with van der Waals surface area (Å²) in [6.07, 6.45) is 2.13. The van der Waals surface area contributed by atoms with Gasteiger partial charge in [-0.2, -0.15) is 0 Å². The maximum Gasteiger partial charge on any atom is 0.322 e. The van der Waals surface area contributed by atoms with Gasteiger partial charge in [-0.15, -0.1) is 0 Å². The molecule has 1 aliphatic carbocycles. The number of urea groups is 1. The van der Waals surface area contributed by atoms with E-state index in [0.29, 0.717) is 18.7 Å². The van der Waals surface area contributed by atoms with E-state index in [4.69, 9.17) is 11.6 Å². The lowest BCUT2D eigenvalue weighted by molar-refractivity contribution is -0.383. The third-order valence-electron chi connectivity index (χ3n) is 4.48. The van der Waals surface area contributed by atoms with Crippen molar-refractivity contribution in [1.29, 1.82) is 0 Å². The number of rotatable bonds is 4. The summed E-state index contributed by atoms with van der Waals surface area (Å²) in [5, 5.41) is 19.4. The second kappa shape index (κ2) is 5.69. The van der Waals surface area contributed by atoms with E-state index in [0.717, 1.165) is 12.8 Å². The molecule has 1 aliphatic heterocycles. The average molecular weight is 339 g/mol. The van der Waals surface area contributed by atoms with Gasteiger partial charge in [0, 0.05) is 23.6 Å². The fraction of sp³-hybridized carbons (Fsp3) is 0.429. The zero-order chi connectivity index (χ0) is 16.6. The predicted molar refractivity (Wildman–Crippen MR) is 83.3 cm³/mol. The molecule has 1 saturated carbocycles. The first-order valence-corrected chi connectivity index (χ1v) is 7.61. The topological polar surface area (TPSA) is 113 Å². The number of nitro groups is 1. The van der Waals surface area contributed by atoms with Crippen LogP contribution in [0.2, 0.25) is 5.02 Å². The molecule has 1 spiro atoms. The molecule has 2 aliphatic rings. The molecule has 122 valence electrons. The Bertz CT molecular complexity index is 695. The number of amides is 3. The molecular weight excluding hydrogens is 324 g/mol. The number of halogens is 1. The lowest BCUT2D eigenvalue weighted by Crippen LogP contribution is -2.51. The normalized spacial score (nSPS) is 26.2. The number of nitrogens with one attached hydrogen (secondary N) is 3. The van der Waals surface area contributed by atoms with Gasteiger partial charge in [0.15, 0.2) is 0 Å². The maximum absolute atomic E-state index is 12.1. The Hall–Kier alpha value is -2.35. The summed E-state index contributed by atoms with van der Waals surface area (Å²) in [4.78, 5) is 34.1. The van der Waals surface area contributed by atoms with E-state index in [2.05, 4.69) is 16.0 Å². The van der Waals surface area contributed by atoms with E-state index >= 15 is 0 Å². The second-order valence-electron chi connectivity index (χ2n) is 5.77. The molecule has 2 fully saturated rings. The van der Waals surface area contributed by atoms with Gasteiger partial charge in [-0.3, -0.25) is 20.2 Å². The number of carbonyl (C=O) groups excluding carboxylic acids is 2. The number of nitro benzene ring substituents is 1. The highest BCUT2D eigenvalue weighted by Gasteiger charge is 2.54. The summed E-state index contributed by atoms with van der Waals surface area (Å²) in [6, 6.07) is 3.89. The van der Waals surface area contributed by atoms with Crippen molar-refractivity contribution in [2.45, 2.75) is 24.8 Å². The van der Waals surface area contributed by atoms with E-state index in [1.165, 1.54) is 12.1 Å². The highest BCUT2D eigenvalue weighted by atomic mass is 35.5. The third-order valence-corrected chi connectivity index (χ3v) is 4.72. The van der Waals surface area contributed by atoms with Crippen molar-refractivity contribution in [3.8, 4) is 0 Å². The Morgan fingerprint density at radius 2 is 2.22 bits per heavy atom. The van der Waals surface area contributed by atoms with Crippen molar-refractivity contribution in [3.05, 3.63) is 33.3 Å². The molecule has 9 heteroatoms. The summed E-state index contributed by atoms with van der Waals surface area (Å²) < 4.78 is 0. The van der Waals surface area contributed by atoms with Crippen LogP contribution in [0.5, 0.6) is 0 Å². The number of benzene rings is 1. The molecule has 1 heterocycles. The second-order valence-corrected chi connectivity index (χ2v) is 6.20. The van der Waals surface area contributed by atoms with Gasteiger partial charge in [0.2, 0.25) is 0 Å². The zero-order valence-electron chi connectivity index (χ0n) is 12.1. The average Bonchev–Trinajstić information content (AvgIpc) is 3.01. The van der Waals surface area contributed by atoms with E-state index in [1.807, 2.05) is 0 Å². The van der Waals surface area contributed by atoms with Crippen molar-refractivity contribution in [1.82, 2.24) is 10.6 Å². The molecule has 0 unspecified atom stereocenters. The molecule has 1 aromatic rings. The summed E-state index contributed by atoms with van der Waals surface area (Å²) >= 11 is 5.79. The first-order chi connectivity index (χ1) is 10.9. The first kappa shape index (κ1) is 15.5. The van der Waals surface area contributed by atoms with Gasteiger partial charge in [0.1, 0.15) is 11.2 Å². The quantitative estimate of drug-likeness (QED) is 0.441. The SMILES string of the molecule is O=C1NC(=O)[C@@]2(CCC[C@H]2CNc2ccc(Cl)cc2[N+](=O)[O-])N1. The Balaban J connectivity index is 1.77. The minimum atomic E-state index is -0.911. The smallest absolute Gasteiger partial charge is 0.322 e. The van der Waals surface area contributed by atoms with Crippen molar-refractivity contribution in [3.63, 3.8) is 0 Å². The number of nitrogens with zero attached hydrogens (tertiary/aromatic N) is 1. The van der Waals surface area contributed by atoms with Crippen LogP contribution in [0.4, 0.5) is 16.2 Å². The molecule has 1 saturated heterocycles. The van der Waals surface area contributed by atoms with Gasteiger partial charge in [0.25, 0.3) is 11.6 Å². The highest BCUT2D eigenvalue weighted by molar-refractivity contribution is 6.30. The monoisotopic (exact) mass is 338 g/mol. The largest absolute Gasteiger partial charge is 0.379 e. The number of imide groups is 1. The fourth-order valence-electron chi connectivity index (χ4n) is 3.36. The minimum absolute atomic E-state index is 0.121. The third kappa shape index (κ3) is 2.70. The van der Waals surface area contributed by atoms with Gasteiger partial charge in [-0.05, 0) is 25.0 Å². The Morgan fingerprint density at radius 1 is 1.43 bits per heavy atom. The van der Waals surface area contributed by atoms with Crippen molar-refractivity contribution >= 4 is 34.9 Å². The molecule has 23 heavy (non-hydrogen) atoms. The van der Waals surface area contributed by atoms with Gasteiger partial charge >= 0.3 is 6.03 Å². The molecule has 3 N–H and O–H groups in total. The van der Waals surface area contributed by atoms with E-state index in [1.54, 1.807) is 6.07 Å². The molecule has 2 atom stereocenters. The molecule has 0 radical (unpaired) electrons. The molecular formula is C14H15ClN4O4. The Kier molecular flexibility index (Phi) is 3.85. The van der Waals surface area contributed by atoms with Crippen LogP contribution in [-0.2, 0) is 4.79 Å². The fourth-order valence-corrected chi connectivity index (χ4v) is 3.53. The zero-order valence-corrected chi connectivity index (χ0v) is 12.9. The first-order valence-electron chi connectivity index (χ1n) is 7.24. The van der Waals surface area contributed by atoms with E-state index < -0.39 is 16.5 Å². The number of anilines is 1. The molecule has 0 bridgehead atoms. The van der Waals surface area contributed by atoms with Crippen LogP contribution < -0.4 is 16.0 Å². The Morgan fingerprint density at radius 3 is 2.87 bits per heavy atom. The van der Waals surface area contributed by atoms with Crippen LogP contribution >= 0.6 is 11.6 Å². The van der Waals surface area contributed by atoms with Crippen LogP contribution in [0, 0.1) is 16.0 Å². The lowest BCUT2D eigenvalue weighted by atomic mass is 9.87. The van der Waals surface area contributed by atoms with E-state index in [-0.39, 0.29) is 22.5 Å². The Labute approximate surface area is 136 Å². The molecule has 3 rings (SSSR count). The molecule has 8 nitrogen and oxygen atoms in total. The van der Waals surface area contributed by atoms with Crippen LogP contribution in [0.3, 0.4) is 0 Å². The number of hydrogen-bond donors (Lipinski definition) is 3. The van der Waals surface area contributed by atoms with Gasteiger partial charge in [-0.1, -0.05) is 18.0 Å². The van der Waals surface area contributed by atoms with Crippen molar-refractivity contribution < 1.29 is 14.5 Å². The van der Waals surface area contributed by atoms with Crippen LogP contribution in [-0.4, -0.2) is 28.9 Å². The van der Waals surface area contributed by atoms with Gasteiger partial charge < -0.3 is 10.6 Å².